The lowest BCUT2D eigenvalue weighted by Gasteiger charge is -2.33. The molecule has 0 aromatic heterocycles. The summed E-state index contributed by atoms with van der Waals surface area (Å²) in [5.41, 5.74) is 0.224. The van der Waals surface area contributed by atoms with Crippen LogP contribution in [0.1, 0.15) is 52.9 Å². The van der Waals surface area contributed by atoms with Gasteiger partial charge >= 0.3 is 0 Å². The largest absolute Gasteiger partial charge is 0.483 e. The van der Waals surface area contributed by atoms with E-state index in [1.54, 1.807) is 0 Å². The minimum Gasteiger partial charge on any atom is -0.483 e. The molecule has 0 amide bonds. The molecule has 2 N–H and O–H groups in total. The van der Waals surface area contributed by atoms with Crippen LogP contribution < -0.4 is 5.32 Å². The Hall–Kier alpha value is -0.900. The zero-order chi connectivity index (χ0) is 13.3. The predicted molar refractivity (Wildman–Crippen MR) is 68.0 cm³/mol. The minimum atomic E-state index is -0.250. The Morgan fingerprint density at radius 1 is 1.18 bits per heavy atom. The summed E-state index contributed by atoms with van der Waals surface area (Å²) in [4.78, 5) is 18.7. The number of carbonyl (C=O) groups excluding carboxylic acids is 1. The molecule has 17 heavy (non-hydrogen) atoms. The van der Waals surface area contributed by atoms with Crippen molar-refractivity contribution >= 4 is 12.8 Å². The number of carbonyl (C=O) groups is 2. The van der Waals surface area contributed by atoms with Gasteiger partial charge in [-0.2, -0.15) is 0 Å². The normalized spacial score (nSPS) is 24.4. The van der Waals surface area contributed by atoms with Crippen LogP contribution in [0.3, 0.4) is 0 Å². The zero-order valence-electron chi connectivity index (χ0n) is 11.1. The molecule has 1 aliphatic carbocycles. The van der Waals surface area contributed by atoms with E-state index in [2.05, 4.69) is 26.1 Å². The quantitative estimate of drug-likeness (QED) is 0.746. The van der Waals surface area contributed by atoms with Gasteiger partial charge in [0.15, 0.2) is 0 Å². The number of carboxylic acid groups (broad SMARTS) is 1. The molecule has 0 spiro atoms. The Balaban J connectivity index is 0.000000770. The highest BCUT2D eigenvalue weighted by molar-refractivity contribution is 5.49. The Morgan fingerprint density at radius 3 is 2.00 bits per heavy atom. The van der Waals surface area contributed by atoms with Crippen molar-refractivity contribution < 1.29 is 14.7 Å². The maximum Gasteiger partial charge on any atom is 0.290 e. The first-order valence-electron chi connectivity index (χ1n) is 6.22. The van der Waals surface area contributed by atoms with Gasteiger partial charge in [0.05, 0.1) is 0 Å². The smallest absolute Gasteiger partial charge is 0.290 e. The van der Waals surface area contributed by atoms with E-state index in [0.717, 1.165) is 12.7 Å². The molecule has 0 heterocycles. The molecule has 1 saturated carbocycles. The third-order valence-electron chi connectivity index (χ3n) is 2.91. The summed E-state index contributed by atoms with van der Waals surface area (Å²) in [6.07, 6.45) is 6.73. The molecule has 4 nitrogen and oxygen atoms in total. The number of nitrogens with one attached hydrogen (secondary N) is 1. The minimum absolute atomic E-state index is 0.224. The molecule has 0 atom stereocenters. The Morgan fingerprint density at radius 2 is 1.65 bits per heavy atom. The van der Waals surface area contributed by atoms with Gasteiger partial charge in [-0.1, -0.05) is 0 Å². The van der Waals surface area contributed by atoms with Crippen LogP contribution in [-0.4, -0.2) is 29.4 Å². The third kappa shape index (κ3) is 8.86. The summed E-state index contributed by atoms with van der Waals surface area (Å²) in [5.74, 6) is 0.658. The van der Waals surface area contributed by atoms with E-state index in [4.69, 9.17) is 9.90 Å². The van der Waals surface area contributed by atoms with Crippen molar-refractivity contribution in [1.29, 1.82) is 0 Å². The lowest BCUT2D eigenvalue weighted by Crippen LogP contribution is -2.45. The lowest BCUT2D eigenvalue weighted by atomic mass is 9.83. The van der Waals surface area contributed by atoms with Crippen LogP contribution in [0.4, 0.5) is 0 Å². The van der Waals surface area contributed by atoms with E-state index in [0.29, 0.717) is 12.0 Å². The molecule has 0 bridgehead atoms. The SMILES string of the molecule is CC(C)(C)NC1CCC(CC=O)CC1.O=CO. The van der Waals surface area contributed by atoms with Crippen LogP contribution in [0, 0.1) is 5.92 Å². The van der Waals surface area contributed by atoms with Crippen molar-refractivity contribution in [3.63, 3.8) is 0 Å². The van der Waals surface area contributed by atoms with Crippen LogP contribution >= 0.6 is 0 Å². The van der Waals surface area contributed by atoms with Crippen LogP contribution in [0.5, 0.6) is 0 Å². The first kappa shape index (κ1) is 16.1. The fourth-order valence-electron chi connectivity index (χ4n) is 2.29. The summed E-state index contributed by atoms with van der Waals surface area (Å²) in [6.45, 7) is 6.39. The molecule has 0 radical (unpaired) electrons. The van der Waals surface area contributed by atoms with Gasteiger partial charge in [-0.25, -0.2) is 0 Å². The van der Waals surface area contributed by atoms with Gasteiger partial charge in [0.2, 0.25) is 0 Å². The van der Waals surface area contributed by atoms with E-state index in [1.165, 1.54) is 25.7 Å². The van der Waals surface area contributed by atoms with Gasteiger partial charge in [0.25, 0.3) is 6.47 Å². The van der Waals surface area contributed by atoms with Gasteiger partial charge in [-0.3, -0.25) is 4.79 Å². The van der Waals surface area contributed by atoms with Crippen LogP contribution in [0.15, 0.2) is 0 Å². The van der Waals surface area contributed by atoms with Gasteiger partial charge in [-0.15, -0.1) is 0 Å². The van der Waals surface area contributed by atoms with Gasteiger partial charge in [0.1, 0.15) is 6.29 Å². The molecule has 0 aliphatic heterocycles. The summed E-state index contributed by atoms with van der Waals surface area (Å²) >= 11 is 0. The average Bonchev–Trinajstić information content (AvgIpc) is 2.20. The fraction of sp³-hybridized carbons (Fsp3) is 0.846. The average molecular weight is 243 g/mol. The zero-order valence-corrected chi connectivity index (χ0v) is 11.1. The maximum atomic E-state index is 10.4. The van der Waals surface area contributed by atoms with E-state index in [1.807, 2.05) is 0 Å². The first-order valence-corrected chi connectivity index (χ1v) is 6.22. The summed E-state index contributed by atoms with van der Waals surface area (Å²) in [7, 11) is 0. The Labute approximate surface area is 104 Å². The number of rotatable bonds is 3. The van der Waals surface area contributed by atoms with Crippen LogP contribution in [-0.2, 0) is 9.59 Å². The summed E-state index contributed by atoms with van der Waals surface area (Å²) < 4.78 is 0. The lowest BCUT2D eigenvalue weighted by molar-refractivity contribution is -0.122. The van der Waals surface area contributed by atoms with Gasteiger partial charge < -0.3 is 15.2 Å². The molecule has 1 rings (SSSR count). The van der Waals surface area contributed by atoms with Gasteiger partial charge in [0, 0.05) is 18.0 Å². The monoisotopic (exact) mass is 243 g/mol. The van der Waals surface area contributed by atoms with Crippen molar-refractivity contribution in [2.45, 2.75) is 64.5 Å². The molecule has 0 aromatic rings. The second-order valence-electron chi connectivity index (χ2n) is 5.62. The molecule has 0 unspecified atom stereocenters. The highest BCUT2D eigenvalue weighted by Gasteiger charge is 2.23. The number of aldehydes is 1. The van der Waals surface area contributed by atoms with E-state index in [-0.39, 0.29) is 12.0 Å². The molecule has 100 valence electrons. The number of hydrogen-bond donors (Lipinski definition) is 2. The van der Waals surface area contributed by atoms with E-state index >= 15 is 0 Å². The molecule has 1 aliphatic rings. The highest BCUT2D eigenvalue weighted by atomic mass is 16.3. The van der Waals surface area contributed by atoms with Crippen molar-refractivity contribution in [1.82, 2.24) is 5.32 Å². The molecule has 4 heteroatoms. The van der Waals surface area contributed by atoms with Crippen molar-refractivity contribution in [2.24, 2.45) is 5.92 Å². The highest BCUT2D eigenvalue weighted by Crippen LogP contribution is 2.27. The van der Waals surface area contributed by atoms with Crippen LogP contribution in [0.2, 0.25) is 0 Å². The Kier molecular flexibility index (Phi) is 7.79. The van der Waals surface area contributed by atoms with E-state index < -0.39 is 0 Å². The molecular weight excluding hydrogens is 218 g/mol. The standard InChI is InChI=1S/C12H23NO.CH2O2/c1-12(2,3)13-11-6-4-10(5-7-11)8-9-14;2-1-3/h9-11,13H,4-8H2,1-3H3;1H,(H,2,3). The van der Waals surface area contributed by atoms with Crippen molar-refractivity contribution in [3.8, 4) is 0 Å². The van der Waals surface area contributed by atoms with Gasteiger partial charge in [-0.05, 0) is 52.4 Å². The fourth-order valence-corrected chi connectivity index (χ4v) is 2.29. The number of hydrogen-bond acceptors (Lipinski definition) is 3. The third-order valence-corrected chi connectivity index (χ3v) is 2.91. The van der Waals surface area contributed by atoms with Crippen LogP contribution in [0.25, 0.3) is 0 Å². The first-order chi connectivity index (χ1) is 7.92. The summed E-state index contributed by atoms with van der Waals surface area (Å²) in [6, 6.07) is 0.665. The maximum absolute atomic E-state index is 10.4. The molecule has 0 saturated heterocycles. The second-order valence-corrected chi connectivity index (χ2v) is 5.62. The van der Waals surface area contributed by atoms with Crippen molar-refractivity contribution in [3.05, 3.63) is 0 Å². The topological polar surface area (TPSA) is 66.4 Å². The van der Waals surface area contributed by atoms with Crippen molar-refractivity contribution in [2.75, 3.05) is 0 Å². The molecule has 0 aromatic carbocycles. The second kappa shape index (κ2) is 8.23. The van der Waals surface area contributed by atoms with E-state index in [9.17, 15) is 4.79 Å². The predicted octanol–water partition coefficient (Wildman–Crippen LogP) is 2.22. The molecule has 1 fully saturated rings. The molecular formula is C13H25NO3. The Bertz CT molecular complexity index is 215. The summed E-state index contributed by atoms with van der Waals surface area (Å²) in [5, 5.41) is 10.5.